The summed E-state index contributed by atoms with van der Waals surface area (Å²) in [6.45, 7) is 4.35. The summed E-state index contributed by atoms with van der Waals surface area (Å²) in [5.41, 5.74) is 7.28. The molecule has 3 N–H and O–H groups in total. The second kappa shape index (κ2) is 7.55. The minimum atomic E-state index is 0.0855. The molecule has 0 saturated carbocycles. The molecule has 0 radical (unpaired) electrons. The van der Waals surface area contributed by atoms with Gasteiger partial charge in [0.25, 0.3) is 0 Å². The molecule has 21 heavy (non-hydrogen) atoms. The van der Waals surface area contributed by atoms with E-state index >= 15 is 0 Å². The van der Waals surface area contributed by atoms with Crippen molar-refractivity contribution in [1.82, 2.24) is 0 Å². The molecule has 1 aliphatic heterocycles. The molecule has 1 aliphatic rings. The second-order valence-electron chi connectivity index (χ2n) is 5.72. The zero-order chi connectivity index (χ0) is 15.2. The number of anilines is 1. The van der Waals surface area contributed by atoms with Crippen LogP contribution in [0.1, 0.15) is 44.6 Å². The van der Waals surface area contributed by atoms with Crippen molar-refractivity contribution in [3.63, 3.8) is 0 Å². The summed E-state index contributed by atoms with van der Waals surface area (Å²) < 4.78 is 0. The van der Waals surface area contributed by atoms with E-state index in [9.17, 15) is 0 Å². The lowest BCUT2D eigenvalue weighted by atomic mass is 9.96. The zero-order valence-corrected chi connectivity index (χ0v) is 13.3. The highest BCUT2D eigenvalue weighted by Crippen LogP contribution is 2.31. The fraction of sp³-hybridized carbons (Fsp3) is 0.562. The van der Waals surface area contributed by atoms with Crippen LogP contribution in [-0.2, 0) is 0 Å². The van der Waals surface area contributed by atoms with Crippen LogP contribution in [0.4, 0.5) is 5.69 Å². The normalized spacial score (nSPS) is 20.4. The lowest BCUT2D eigenvalue weighted by Crippen LogP contribution is -2.24. The van der Waals surface area contributed by atoms with Gasteiger partial charge in [0.1, 0.15) is 0 Å². The Kier molecular flexibility index (Phi) is 5.74. The van der Waals surface area contributed by atoms with Crippen molar-refractivity contribution in [2.24, 2.45) is 16.8 Å². The van der Waals surface area contributed by atoms with Crippen LogP contribution >= 0.6 is 11.6 Å². The molecule has 116 valence electrons. The van der Waals surface area contributed by atoms with E-state index in [1.54, 1.807) is 6.07 Å². The molecule has 0 aliphatic carbocycles. The van der Waals surface area contributed by atoms with Gasteiger partial charge in [0.2, 0.25) is 0 Å². The Morgan fingerprint density at radius 1 is 1.43 bits per heavy atom. The Hall–Kier alpha value is -1.42. The molecule has 1 aromatic rings. The molecular formula is C16H24ClN3O. The van der Waals surface area contributed by atoms with Gasteiger partial charge in [0, 0.05) is 18.7 Å². The van der Waals surface area contributed by atoms with Gasteiger partial charge in [-0.15, -0.1) is 0 Å². The summed E-state index contributed by atoms with van der Waals surface area (Å²) in [5, 5.41) is 12.4. The maximum Gasteiger partial charge on any atom is 0.170 e. The third-order valence-electron chi connectivity index (χ3n) is 4.24. The summed E-state index contributed by atoms with van der Waals surface area (Å²) in [5.74, 6) is 0.928. The van der Waals surface area contributed by atoms with Crippen LogP contribution in [0.2, 0.25) is 5.02 Å². The molecule has 0 aromatic heterocycles. The Balaban J connectivity index is 2.11. The van der Waals surface area contributed by atoms with E-state index in [2.05, 4.69) is 17.0 Å². The number of oxime groups is 1. The van der Waals surface area contributed by atoms with E-state index in [1.165, 1.54) is 32.1 Å². The first-order valence-corrected chi connectivity index (χ1v) is 8.06. The van der Waals surface area contributed by atoms with E-state index in [-0.39, 0.29) is 5.84 Å². The van der Waals surface area contributed by atoms with Crippen LogP contribution in [0.3, 0.4) is 0 Å². The van der Waals surface area contributed by atoms with Crippen molar-refractivity contribution in [3.8, 4) is 0 Å². The average molecular weight is 310 g/mol. The van der Waals surface area contributed by atoms with Crippen LogP contribution in [-0.4, -0.2) is 24.1 Å². The molecule has 5 heteroatoms. The Bertz CT molecular complexity index is 504. The fourth-order valence-electron chi connectivity index (χ4n) is 3.08. The summed E-state index contributed by atoms with van der Waals surface area (Å²) in [6.07, 6.45) is 6.34. The molecule has 2 rings (SSSR count). The maximum absolute atomic E-state index is 8.72. The Morgan fingerprint density at radius 2 is 2.24 bits per heavy atom. The lowest BCUT2D eigenvalue weighted by molar-refractivity contribution is 0.318. The highest BCUT2D eigenvalue weighted by Gasteiger charge is 2.18. The molecule has 1 aromatic carbocycles. The van der Waals surface area contributed by atoms with Crippen LogP contribution in [0, 0.1) is 5.92 Å². The number of rotatable bonds is 4. The molecular weight excluding hydrogens is 286 g/mol. The minimum absolute atomic E-state index is 0.0855. The van der Waals surface area contributed by atoms with E-state index in [0.29, 0.717) is 10.6 Å². The third-order valence-corrected chi connectivity index (χ3v) is 4.54. The molecule has 1 atom stereocenters. The number of nitrogens with two attached hydrogens (primary N) is 1. The van der Waals surface area contributed by atoms with E-state index in [0.717, 1.165) is 24.7 Å². The Morgan fingerprint density at radius 3 is 2.90 bits per heavy atom. The van der Waals surface area contributed by atoms with Gasteiger partial charge in [-0.05, 0) is 43.4 Å². The summed E-state index contributed by atoms with van der Waals surface area (Å²) in [6, 6.07) is 5.58. The van der Waals surface area contributed by atoms with Crippen LogP contribution in [0.25, 0.3) is 0 Å². The largest absolute Gasteiger partial charge is 0.409 e. The van der Waals surface area contributed by atoms with Gasteiger partial charge < -0.3 is 15.8 Å². The van der Waals surface area contributed by atoms with Crippen molar-refractivity contribution >= 4 is 23.1 Å². The van der Waals surface area contributed by atoms with E-state index in [4.69, 9.17) is 22.5 Å². The topological polar surface area (TPSA) is 61.8 Å². The standard InChI is InChI=1S/C16H24ClN3O/c1-2-4-12-5-3-9-20(10-8-12)15-7-6-13(11-14(15)17)16(18)19-21/h6-7,11-12,21H,2-5,8-10H2,1H3,(H2,18,19). The second-order valence-corrected chi connectivity index (χ2v) is 6.13. The highest BCUT2D eigenvalue weighted by atomic mass is 35.5. The fourth-order valence-corrected chi connectivity index (χ4v) is 3.38. The van der Waals surface area contributed by atoms with Gasteiger partial charge in [-0.3, -0.25) is 0 Å². The highest BCUT2D eigenvalue weighted by molar-refractivity contribution is 6.33. The number of benzene rings is 1. The quantitative estimate of drug-likeness (QED) is 0.384. The van der Waals surface area contributed by atoms with Gasteiger partial charge >= 0.3 is 0 Å². The van der Waals surface area contributed by atoms with Crippen molar-refractivity contribution in [1.29, 1.82) is 0 Å². The van der Waals surface area contributed by atoms with Crippen LogP contribution in [0.5, 0.6) is 0 Å². The predicted molar refractivity (Wildman–Crippen MR) is 88.4 cm³/mol. The van der Waals surface area contributed by atoms with Crippen LogP contribution in [0.15, 0.2) is 23.4 Å². The number of hydrogen-bond acceptors (Lipinski definition) is 3. The SMILES string of the molecule is CCCC1CCCN(c2ccc(C(N)=NO)cc2Cl)CC1. The number of nitrogens with zero attached hydrogens (tertiary/aromatic N) is 2. The molecule has 1 unspecified atom stereocenters. The van der Waals surface area contributed by atoms with Gasteiger partial charge in [0.05, 0.1) is 10.7 Å². The van der Waals surface area contributed by atoms with Crippen molar-refractivity contribution in [2.45, 2.75) is 39.0 Å². The van der Waals surface area contributed by atoms with Gasteiger partial charge in [-0.25, -0.2) is 0 Å². The third kappa shape index (κ3) is 4.03. The average Bonchev–Trinajstić information content (AvgIpc) is 2.72. The smallest absolute Gasteiger partial charge is 0.170 e. The van der Waals surface area contributed by atoms with Crippen molar-refractivity contribution < 1.29 is 5.21 Å². The zero-order valence-electron chi connectivity index (χ0n) is 12.6. The number of hydrogen-bond donors (Lipinski definition) is 2. The van der Waals surface area contributed by atoms with Crippen molar-refractivity contribution in [2.75, 3.05) is 18.0 Å². The van der Waals surface area contributed by atoms with E-state index < -0.39 is 0 Å². The molecule has 0 amide bonds. The van der Waals surface area contributed by atoms with Gasteiger partial charge in [-0.1, -0.05) is 36.5 Å². The summed E-state index contributed by atoms with van der Waals surface area (Å²) in [7, 11) is 0. The van der Waals surface area contributed by atoms with Crippen molar-refractivity contribution in [3.05, 3.63) is 28.8 Å². The number of amidine groups is 1. The molecule has 1 heterocycles. The monoisotopic (exact) mass is 309 g/mol. The van der Waals surface area contributed by atoms with E-state index in [1.807, 2.05) is 12.1 Å². The van der Waals surface area contributed by atoms with Gasteiger partial charge in [0.15, 0.2) is 5.84 Å². The van der Waals surface area contributed by atoms with Gasteiger partial charge in [-0.2, -0.15) is 0 Å². The molecule has 0 bridgehead atoms. The predicted octanol–water partition coefficient (Wildman–Crippen LogP) is 3.84. The first kappa shape index (κ1) is 16.0. The maximum atomic E-state index is 8.72. The molecule has 0 spiro atoms. The Labute approximate surface area is 131 Å². The molecule has 1 fully saturated rings. The molecule has 4 nitrogen and oxygen atoms in total. The summed E-state index contributed by atoms with van der Waals surface area (Å²) in [4.78, 5) is 2.36. The summed E-state index contributed by atoms with van der Waals surface area (Å²) >= 11 is 6.38. The molecule has 1 saturated heterocycles. The first-order chi connectivity index (χ1) is 10.2. The minimum Gasteiger partial charge on any atom is -0.409 e. The first-order valence-electron chi connectivity index (χ1n) is 7.68. The lowest BCUT2D eigenvalue weighted by Gasteiger charge is -2.24. The number of halogens is 1. The van der Waals surface area contributed by atoms with Crippen LogP contribution < -0.4 is 10.6 Å².